The maximum Gasteiger partial charge on any atom is 0.427 e. The van der Waals surface area contributed by atoms with Crippen molar-refractivity contribution in [1.82, 2.24) is 19.7 Å². The monoisotopic (exact) mass is 740 g/mol. The van der Waals surface area contributed by atoms with Crippen LogP contribution < -0.4 is 24.4 Å². The third kappa shape index (κ3) is 8.78. The van der Waals surface area contributed by atoms with Gasteiger partial charge in [-0.1, -0.05) is 11.6 Å². The van der Waals surface area contributed by atoms with Gasteiger partial charge in [-0.25, -0.2) is 36.8 Å². The molecule has 0 unspecified atom stereocenters. The van der Waals surface area contributed by atoms with Crippen molar-refractivity contribution in [3.63, 3.8) is 0 Å². The molecule has 1 aliphatic carbocycles. The Morgan fingerprint density at radius 1 is 1.12 bits per heavy atom. The van der Waals surface area contributed by atoms with E-state index in [4.69, 9.17) is 25.8 Å². The van der Waals surface area contributed by atoms with Crippen LogP contribution in [0.2, 0.25) is 5.02 Å². The molecule has 2 aliphatic rings. The Hall–Kier alpha value is -4.88. The number of carbonyl (C=O) groups is 4. The van der Waals surface area contributed by atoms with Crippen molar-refractivity contribution in [2.75, 3.05) is 24.4 Å². The van der Waals surface area contributed by atoms with Crippen molar-refractivity contribution in [3.8, 4) is 11.8 Å². The van der Waals surface area contributed by atoms with E-state index in [0.29, 0.717) is 10.5 Å². The summed E-state index contributed by atoms with van der Waals surface area (Å²) in [5.74, 6) is -2.09. The Bertz CT molecular complexity index is 1930. The zero-order chi connectivity index (χ0) is 36.0. The Balaban J connectivity index is 0.000000221. The van der Waals surface area contributed by atoms with Gasteiger partial charge in [-0.05, 0) is 69.5 Å². The highest BCUT2D eigenvalue weighted by Crippen LogP contribution is 2.37. The van der Waals surface area contributed by atoms with E-state index in [1.807, 2.05) is 0 Å². The average Bonchev–Trinajstić information content (AvgIpc) is 3.79. The fourth-order valence-corrected chi connectivity index (χ4v) is 6.95. The molecule has 3 aromatic rings. The van der Waals surface area contributed by atoms with E-state index in [9.17, 15) is 32.0 Å². The second kappa shape index (κ2) is 15.6. The Morgan fingerprint density at radius 3 is 2.43 bits per heavy atom. The van der Waals surface area contributed by atoms with Gasteiger partial charge in [0.15, 0.2) is 5.76 Å². The molecule has 1 aliphatic heterocycles. The number of ether oxygens (including phenoxy) is 4. The number of benzene rings is 1. The Labute approximate surface area is 288 Å². The molecule has 0 atom stereocenters. The number of carbonyl (C=O) groups excluding carboxylic acids is 4. The fraction of sp³-hybridized carbons (Fsp3) is 0.345. The minimum Gasteiger partial charge on any atom is -0.489 e. The summed E-state index contributed by atoms with van der Waals surface area (Å²) in [6.07, 6.45) is 3.00. The number of thiophene rings is 1. The number of sulfonamides is 1. The van der Waals surface area contributed by atoms with Crippen LogP contribution in [0.3, 0.4) is 0 Å². The zero-order valence-corrected chi connectivity index (χ0v) is 29.0. The van der Waals surface area contributed by atoms with E-state index < -0.39 is 39.8 Å². The summed E-state index contributed by atoms with van der Waals surface area (Å²) in [5.41, 5.74) is 0.311. The molecule has 0 radical (unpaired) electrons. The third-order valence-corrected chi connectivity index (χ3v) is 9.40. The summed E-state index contributed by atoms with van der Waals surface area (Å²) in [6.45, 7) is 4.81. The molecular weight excluding hydrogens is 711 g/mol. The van der Waals surface area contributed by atoms with Gasteiger partial charge < -0.3 is 18.9 Å². The number of imide groups is 1. The maximum absolute atomic E-state index is 14.3. The number of aryl methyl sites for hydroxylation is 1. The lowest BCUT2D eigenvalue weighted by molar-refractivity contribution is -0.114. The lowest BCUT2D eigenvalue weighted by atomic mass is 10.2. The first kappa shape index (κ1) is 36.9. The first-order valence-corrected chi connectivity index (χ1v) is 17.0. The highest BCUT2D eigenvalue weighted by molar-refractivity contribution is 7.90. The summed E-state index contributed by atoms with van der Waals surface area (Å²) in [5, 5.41) is 3.64. The number of urea groups is 1. The molecule has 1 saturated carbocycles. The van der Waals surface area contributed by atoms with E-state index in [1.165, 1.54) is 31.5 Å². The normalized spacial score (nSPS) is 14.5. The molecule has 2 aromatic heterocycles. The van der Waals surface area contributed by atoms with Crippen molar-refractivity contribution in [3.05, 3.63) is 56.5 Å². The quantitative estimate of drug-likeness (QED) is 0.227. The SMILES string of the molecule is CC(C)=C1OC(=O)N(c2cc(OC3CCCC3)c(Cl)cc2F)C1=O.COC(=O)c1sccc1S(=O)(=O)NC(=O)Nc1nc(C)nc(OC)n1. The molecule has 16 nitrogen and oxygen atoms in total. The van der Waals surface area contributed by atoms with E-state index >= 15 is 0 Å². The Kier molecular flexibility index (Phi) is 11.7. The number of nitrogens with zero attached hydrogens (tertiary/aromatic N) is 4. The number of esters is 1. The van der Waals surface area contributed by atoms with Crippen molar-refractivity contribution in [2.45, 2.75) is 57.5 Å². The number of cyclic esters (lactones) is 1. The molecule has 2 N–H and O–H groups in total. The minimum atomic E-state index is -4.30. The van der Waals surface area contributed by atoms with Crippen LogP contribution >= 0.6 is 22.9 Å². The number of amides is 4. The number of nitrogens with one attached hydrogen (secondary N) is 2. The van der Waals surface area contributed by atoms with Crippen molar-refractivity contribution in [2.24, 2.45) is 0 Å². The fourth-order valence-electron chi connectivity index (χ4n) is 4.51. The van der Waals surface area contributed by atoms with Gasteiger partial charge in [-0.3, -0.25) is 10.1 Å². The molecular formula is C29H30ClFN6O10S2. The number of allylic oxidation sites excluding steroid dienone is 1. The molecule has 5 rings (SSSR count). The van der Waals surface area contributed by atoms with Crippen LogP contribution in [-0.4, -0.2) is 67.7 Å². The second-order valence-corrected chi connectivity index (χ2v) is 13.4. The van der Waals surface area contributed by atoms with Gasteiger partial charge in [0.2, 0.25) is 5.95 Å². The predicted octanol–water partition coefficient (Wildman–Crippen LogP) is 5.12. The van der Waals surface area contributed by atoms with Crippen LogP contribution in [0.1, 0.15) is 55.0 Å². The third-order valence-electron chi connectivity index (χ3n) is 6.71. The highest BCUT2D eigenvalue weighted by Gasteiger charge is 2.40. The lowest BCUT2D eigenvalue weighted by Gasteiger charge is -2.18. The van der Waals surface area contributed by atoms with Crippen LogP contribution in [0, 0.1) is 12.7 Å². The number of hydrogen-bond acceptors (Lipinski definition) is 14. The summed E-state index contributed by atoms with van der Waals surface area (Å²) in [6, 6.07) is 2.35. The molecule has 1 aromatic carbocycles. The van der Waals surface area contributed by atoms with Crippen LogP contribution in [0.25, 0.3) is 0 Å². The number of aromatic nitrogens is 3. The lowest BCUT2D eigenvalue weighted by Crippen LogP contribution is -2.35. The predicted molar refractivity (Wildman–Crippen MR) is 173 cm³/mol. The summed E-state index contributed by atoms with van der Waals surface area (Å²) in [4.78, 5) is 59.4. The van der Waals surface area contributed by atoms with Gasteiger partial charge in [0, 0.05) is 6.07 Å². The number of halogens is 2. The average molecular weight is 741 g/mol. The van der Waals surface area contributed by atoms with Gasteiger partial charge in [0.1, 0.15) is 27.2 Å². The van der Waals surface area contributed by atoms with Crippen LogP contribution in [-0.2, 0) is 24.3 Å². The zero-order valence-electron chi connectivity index (χ0n) is 26.7. The summed E-state index contributed by atoms with van der Waals surface area (Å²) < 4.78 is 60.7. The van der Waals surface area contributed by atoms with Crippen LogP contribution in [0.15, 0.2) is 39.8 Å². The van der Waals surface area contributed by atoms with Crippen molar-refractivity contribution >= 4 is 68.6 Å². The molecule has 3 heterocycles. The van der Waals surface area contributed by atoms with Crippen molar-refractivity contribution in [1.29, 1.82) is 0 Å². The molecule has 0 bridgehead atoms. The number of rotatable bonds is 8. The summed E-state index contributed by atoms with van der Waals surface area (Å²) >= 11 is 6.92. The second-order valence-electron chi connectivity index (χ2n) is 10.5. The summed E-state index contributed by atoms with van der Waals surface area (Å²) in [7, 11) is -1.86. The first-order valence-electron chi connectivity index (χ1n) is 14.3. The molecule has 4 amide bonds. The topological polar surface area (TPSA) is 205 Å². The molecule has 0 spiro atoms. The molecule has 20 heteroatoms. The number of anilines is 2. The highest BCUT2D eigenvalue weighted by atomic mass is 35.5. The van der Waals surface area contributed by atoms with Gasteiger partial charge in [-0.15, -0.1) is 11.3 Å². The smallest absolute Gasteiger partial charge is 0.427 e. The molecule has 49 heavy (non-hydrogen) atoms. The maximum atomic E-state index is 14.3. The van der Waals surface area contributed by atoms with Crippen LogP contribution in [0.5, 0.6) is 11.8 Å². The van der Waals surface area contributed by atoms with E-state index in [-0.39, 0.29) is 55.9 Å². The number of hydrogen-bond donors (Lipinski definition) is 2. The minimum absolute atomic E-state index is 0.00962. The van der Waals surface area contributed by atoms with Crippen molar-refractivity contribution < 1.29 is 50.9 Å². The molecule has 262 valence electrons. The van der Waals surface area contributed by atoms with Gasteiger partial charge in [-0.2, -0.15) is 15.0 Å². The standard InChI is InChI=1S/C17H17ClFNO4.C12H13N5O6S2/c1-9(2)15-16(21)20(17(22)24-15)13-8-14(11(18)7-12(13)19)23-10-5-3-4-6-10;1-6-13-10(16-12(14-6)23-3)15-11(19)17-25(20,21)7-4-5-24-8(7)9(18)22-2/h7-8,10H,3-6H2,1-2H3;4-5H,1-3H3,(H2,13,14,15,16,17,19). The molecule has 1 saturated heterocycles. The van der Waals surface area contributed by atoms with E-state index in [2.05, 4.69) is 25.0 Å². The largest absolute Gasteiger partial charge is 0.489 e. The first-order chi connectivity index (χ1) is 23.1. The Morgan fingerprint density at radius 2 is 1.82 bits per heavy atom. The molecule has 2 fully saturated rings. The van der Waals surface area contributed by atoms with E-state index in [0.717, 1.165) is 50.2 Å². The van der Waals surface area contributed by atoms with E-state index in [1.54, 1.807) is 18.6 Å². The van der Waals surface area contributed by atoms with Crippen LogP contribution in [0.4, 0.5) is 25.6 Å². The van der Waals surface area contributed by atoms with Gasteiger partial charge in [0.25, 0.3) is 10.0 Å². The van der Waals surface area contributed by atoms with Gasteiger partial charge >= 0.3 is 30.0 Å². The van der Waals surface area contributed by atoms with Gasteiger partial charge in [0.05, 0.1) is 31.0 Å². The number of methoxy groups -OCH3 is 2.